The maximum absolute atomic E-state index is 13.2. The number of nitrogens with one attached hydrogen (secondary N) is 4. The van der Waals surface area contributed by atoms with Crippen LogP contribution in [0.25, 0.3) is 10.9 Å². The van der Waals surface area contributed by atoms with Crippen molar-refractivity contribution in [2.24, 2.45) is 5.73 Å². The molecule has 0 aliphatic carbocycles. The summed E-state index contributed by atoms with van der Waals surface area (Å²) >= 11 is 1.43. The smallest absolute Gasteiger partial charge is 0.326 e. The molecule has 8 N–H and O–H groups in total. The van der Waals surface area contributed by atoms with Crippen LogP contribution >= 0.6 is 11.8 Å². The van der Waals surface area contributed by atoms with E-state index < -0.39 is 60.8 Å². The van der Waals surface area contributed by atoms with Gasteiger partial charge in [0.25, 0.3) is 0 Å². The van der Waals surface area contributed by atoms with Crippen molar-refractivity contribution in [2.45, 2.75) is 43.8 Å². The average molecular weight is 522 g/mol. The summed E-state index contributed by atoms with van der Waals surface area (Å²) in [5.74, 6) is -4.04. The van der Waals surface area contributed by atoms with Crippen molar-refractivity contribution in [3.63, 3.8) is 0 Å². The first-order valence-corrected chi connectivity index (χ1v) is 12.6. The molecular weight excluding hydrogens is 490 g/mol. The summed E-state index contributed by atoms with van der Waals surface area (Å²) in [5, 5.41) is 26.8. The van der Waals surface area contributed by atoms with Crippen LogP contribution in [0.2, 0.25) is 0 Å². The lowest BCUT2D eigenvalue weighted by Crippen LogP contribution is -2.57. The van der Waals surface area contributed by atoms with Gasteiger partial charge in [-0.25, -0.2) is 4.79 Å². The molecule has 12 nitrogen and oxygen atoms in total. The number of rotatable bonds is 15. The fourth-order valence-electron chi connectivity index (χ4n) is 3.56. The van der Waals surface area contributed by atoms with Gasteiger partial charge in [-0.3, -0.25) is 19.2 Å². The van der Waals surface area contributed by atoms with Crippen molar-refractivity contribution in [1.82, 2.24) is 20.9 Å². The van der Waals surface area contributed by atoms with E-state index in [4.69, 9.17) is 10.8 Å². The Kier molecular flexibility index (Phi) is 11.2. The largest absolute Gasteiger partial charge is 0.481 e. The molecule has 0 aliphatic rings. The number of carbonyl (C=O) groups excluding carboxylic acids is 3. The fourth-order valence-corrected chi connectivity index (χ4v) is 4.03. The molecule has 0 radical (unpaired) electrons. The summed E-state index contributed by atoms with van der Waals surface area (Å²) in [6.45, 7) is -0.411. The third-order valence-corrected chi connectivity index (χ3v) is 6.09. The number of hydrogen-bond acceptors (Lipinski definition) is 7. The van der Waals surface area contributed by atoms with E-state index in [1.165, 1.54) is 11.8 Å². The minimum atomic E-state index is -1.25. The Labute approximate surface area is 211 Å². The molecule has 196 valence electrons. The Morgan fingerprint density at radius 3 is 2.28 bits per heavy atom. The normalized spacial score (nSPS) is 13.4. The summed E-state index contributed by atoms with van der Waals surface area (Å²) in [6, 6.07) is 3.74. The number of nitrogens with two attached hydrogens (primary N) is 1. The molecule has 1 heterocycles. The molecule has 3 amide bonds. The number of hydrogen-bond donors (Lipinski definition) is 7. The Hall–Kier alpha value is -3.58. The number of carboxylic acid groups (broad SMARTS) is 2. The predicted molar refractivity (Wildman–Crippen MR) is 134 cm³/mol. The highest BCUT2D eigenvalue weighted by atomic mass is 32.2. The van der Waals surface area contributed by atoms with Crippen LogP contribution in [0.5, 0.6) is 0 Å². The quantitative estimate of drug-likeness (QED) is 0.166. The van der Waals surface area contributed by atoms with Crippen molar-refractivity contribution in [3.8, 4) is 0 Å². The lowest BCUT2D eigenvalue weighted by atomic mass is 10.0. The van der Waals surface area contributed by atoms with Crippen molar-refractivity contribution >= 4 is 52.3 Å². The second-order valence-corrected chi connectivity index (χ2v) is 9.05. The van der Waals surface area contributed by atoms with Gasteiger partial charge in [0, 0.05) is 29.9 Å². The minimum absolute atomic E-state index is 0.0208. The molecule has 36 heavy (non-hydrogen) atoms. The van der Waals surface area contributed by atoms with Crippen LogP contribution in [-0.2, 0) is 30.4 Å². The van der Waals surface area contributed by atoms with E-state index in [1.54, 1.807) is 6.20 Å². The number of benzene rings is 1. The van der Waals surface area contributed by atoms with Crippen LogP contribution < -0.4 is 21.7 Å². The van der Waals surface area contributed by atoms with Crippen LogP contribution in [0.15, 0.2) is 30.5 Å². The van der Waals surface area contributed by atoms with Crippen molar-refractivity contribution in [1.29, 1.82) is 0 Å². The van der Waals surface area contributed by atoms with Gasteiger partial charge < -0.3 is 36.9 Å². The topological polar surface area (TPSA) is 204 Å². The molecule has 13 heteroatoms. The maximum atomic E-state index is 13.2. The maximum Gasteiger partial charge on any atom is 0.326 e. The number of amides is 3. The van der Waals surface area contributed by atoms with Gasteiger partial charge in [-0.15, -0.1) is 0 Å². The molecule has 0 fully saturated rings. The van der Waals surface area contributed by atoms with Crippen LogP contribution in [0, 0.1) is 0 Å². The number of carbonyl (C=O) groups is 5. The van der Waals surface area contributed by atoms with E-state index in [9.17, 15) is 29.1 Å². The first-order chi connectivity index (χ1) is 17.2. The molecule has 2 rings (SSSR count). The van der Waals surface area contributed by atoms with Crippen LogP contribution in [0.3, 0.4) is 0 Å². The third-order valence-electron chi connectivity index (χ3n) is 5.44. The van der Waals surface area contributed by atoms with Gasteiger partial charge in [0.1, 0.15) is 18.1 Å². The van der Waals surface area contributed by atoms with Crippen LogP contribution in [0.4, 0.5) is 0 Å². The highest BCUT2D eigenvalue weighted by Crippen LogP contribution is 2.19. The fraction of sp³-hybridized carbons (Fsp3) is 0.435. The summed E-state index contributed by atoms with van der Waals surface area (Å²) in [7, 11) is 0. The van der Waals surface area contributed by atoms with Crippen molar-refractivity contribution in [3.05, 3.63) is 36.0 Å². The molecule has 0 spiro atoms. The second-order valence-electron chi connectivity index (χ2n) is 8.06. The zero-order valence-corrected chi connectivity index (χ0v) is 20.6. The van der Waals surface area contributed by atoms with Gasteiger partial charge in [0.15, 0.2) is 0 Å². The molecule has 1 aromatic heterocycles. The molecule has 3 atom stereocenters. The number of carboxylic acids is 2. The first-order valence-electron chi connectivity index (χ1n) is 11.2. The highest BCUT2D eigenvalue weighted by molar-refractivity contribution is 7.98. The van der Waals surface area contributed by atoms with E-state index >= 15 is 0 Å². The van der Waals surface area contributed by atoms with Gasteiger partial charge in [0.2, 0.25) is 17.7 Å². The number of aromatic amines is 1. The minimum Gasteiger partial charge on any atom is -0.481 e. The zero-order chi connectivity index (χ0) is 26.7. The Morgan fingerprint density at radius 2 is 1.64 bits per heavy atom. The van der Waals surface area contributed by atoms with E-state index in [2.05, 4.69) is 20.9 Å². The van der Waals surface area contributed by atoms with E-state index in [0.717, 1.165) is 10.9 Å². The molecule has 0 saturated heterocycles. The van der Waals surface area contributed by atoms with Gasteiger partial charge in [-0.05, 0) is 36.5 Å². The lowest BCUT2D eigenvalue weighted by molar-refractivity contribution is -0.142. The van der Waals surface area contributed by atoms with Gasteiger partial charge in [-0.1, -0.05) is 18.2 Å². The van der Waals surface area contributed by atoms with Crippen LogP contribution in [0.1, 0.15) is 24.8 Å². The number of thioether (sulfide) groups is 1. The number of H-pyrrole nitrogens is 1. The SMILES string of the molecule is CSCCC(NC(=O)C(Cc1c[nH]c2ccccc12)NC(=O)C(CCC(=O)O)NC(=O)CN)C(=O)O. The molecular formula is C23H31N5O7S. The van der Waals surface area contributed by atoms with Gasteiger partial charge in [-0.2, -0.15) is 11.8 Å². The number of para-hydroxylation sites is 1. The van der Waals surface area contributed by atoms with Crippen molar-refractivity contribution in [2.75, 3.05) is 18.6 Å². The molecule has 0 aliphatic heterocycles. The van der Waals surface area contributed by atoms with E-state index in [0.29, 0.717) is 11.3 Å². The number of fused-ring (bicyclic) bond motifs is 1. The summed E-state index contributed by atoms with van der Waals surface area (Å²) in [6.07, 6.45) is 3.08. The molecule has 0 saturated carbocycles. The summed E-state index contributed by atoms with van der Waals surface area (Å²) in [5.41, 5.74) is 6.83. The predicted octanol–water partition coefficient (Wildman–Crippen LogP) is -0.174. The number of aromatic nitrogens is 1. The number of aliphatic carboxylic acids is 2. The molecule has 3 unspecified atom stereocenters. The Bertz CT molecular complexity index is 1090. The monoisotopic (exact) mass is 521 g/mol. The van der Waals surface area contributed by atoms with Gasteiger partial charge in [0.05, 0.1) is 6.54 Å². The standard InChI is InChI=1S/C23H31N5O7S/c1-36-9-8-17(23(34)35)27-22(33)18(10-13-12-25-15-5-3-2-4-14(13)15)28-21(32)16(6-7-20(30)31)26-19(29)11-24/h2-5,12,16-18,25H,6-11,24H2,1H3,(H,26,29)(H,27,33)(H,28,32)(H,30,31)(H,34,35). The molecule has 2 aromatic rings. The lowest BCUT2D eigenvalue weighted by Gasteiger charge is -2.24. The van der Waals surface area contributed by atoms with E-state index in [1.807, 2.05) is 30.5 Å². The Balaban J connectivity index is 2.30. The van der Waals surface area contributed by atoms with E-state index in [-0.39, 0.29) is 19.3 Å². The van der Waals surface area contributed by atoms with Gasteiger partial charge >= 0.3 is 11.9 Å². The Morgan fingerprint density at radius 1 is 0.972 bits per heavy atom. The highest BCUT2D eigenvalue weighted by Gasteiger charge is 2.30. The van der Waals surface area contributed by atoms with Crippen LogP contribution in [-0.4, -0.2) is 81.5 Å². The molecule has 1 aromatic carbocycles. The second kappa shape index (κ2) is 14.1. The zero-order valence-electron chi connectivity index (χ0n) is 19.8. The first kappa shape index (κ1) is 28.7. The average Bonchev–Trinajstić information content (AvgIpc) is 3.25. The summed E-state index contributed by atoms with van der Waals surface area (Å²) in [4.78, 5) is 63.8. The van der Waals surface area contributed by atoms with Crippen molar-refractivity contribution < 1.29 is 34.2 Å². The third kappa shape index (κ3) is 8.57. The summed E-state index contributed by atoms with van der Waals surface area (Å²) < 4.78 is 0. The molecule has 0 bridgehead atoms.